The Morgan fingerprint density at radius 3 is 2.38 bits per heavy atom. The third-order valence-corrected chi connectivity index (χ3v) is 5.29. The van der Waals surface area contributed by atoms with Gasteiger partial charge in [-0.25, -0.2) is 0 Å². The Hall–Kier alpha value is -0.0400. The van der Waals surface area contributed by atoms with Crippen molar-refractivity contribution in [3.63, 3.8) is 0 Å². The van der Waals surface area contributed by atoms with E-state index in [1.807, 2.05) is 0 Å². The molecule has 4 fully saturated rings. The molecule has 0 aromatic carbocycles. The molecule has 0 aromatic rings. The van der Waals surface area contributed by atoms with Crippen LogP contribution in [-0.4, -0.2) is 12.6 Å². The highest BCUT2D eigenvalue weighted by Crippen LogP contribution is 2.62. The van der Waals surface area contributed by atoms with Crippen molar-refractivity contribution in [3.8, 4) is 0 Å². The van der Waals surface area contributed by atoms with Gasteiger partial charge in [-0.05, 0) is 55.4 Å². The van der Waals surface area contributed by atoms with Crippen molar-refractivity contribution < 1.29 is 0 Å². The lowest BCUT2D eigenvalue weighted by Gasteiger charge is -2.62. The van der Waals surface area contributed by atoms with Crippen LogP contribution < -0.4 is 5.32 Å². The minimum absolute atomic E-state index is 0.681. The second-order valence-electron chi connectivity index (χ2n) is 5.95. The molecule has 13 heavy (non-hydrogen) atoms. The Morgan fingerprint density at radius 1 is 1.15 bits per heavy atom. The predicted octanol–water partition coefficient (Wildman–Crippen LogP) is 2.42. The van der Waals surface area contributed by atoms with Crippen LogP contribution in [0.3, 0.4) is 0 Å². The molecule has 4 unspecified atom stereocenters. The topological polar surface area (TPSA) is 12.0 Å². The Balaban J connectivity index is 1.75. The van der Waals surface area contributed by atoms with Gasteiger partial charge in [-0.3, -0.25) is 0 Å². The fraction of sp³-hybridized carbons (Fsp3) is 1.00. The summed E-state index contributed by atoms with van der Waals surface area (Å²) >= 11 is 0. The zero-order valence-corrected chi connectivity index (χ0v) is 8.84. The molecule has 1 nitrogen and oxygen atoms in total. The van der Waals surface area contributed by atoms with Crippen LogP contribution in [0.4, 0.5) is 0 Å². The van der Waals surface area contributed by atoms with Gasteiger partial charge in [0.15, 0.2) is 0 Å². The van der Waals surface area contributed by atoms with Crippen LogP contribution in [0.5, 0.6) is 0 Å². The van der Waals surface area contributed by atoms with E-state index in [1.165, 1.54) is 32.2 Å². The third kappa shape index (κ3) is 0.971. The molecule has 1 N–H and O–H groups in total. The lowest BCUT2D eigenvalue weighted by Crippen LogP contribution is -2.60. The molecule has 0 aromatic heterocycles. The zero-order valence-electron chi connectivity index (χ0n) is 8.84. The van der Waals surface area contributed by atoms with Gasteiger partial charge in [0, 0.05) is 6.04 Å². The fourth-order valence-corrected chi connectivity index (χ4v) is 4.03. The summed E-state index contributed by atoms with van der Waals surface area (Å²) in [4.78, 5) is 0. The van der Waals surface area contributed by atoms with Gasteiger partial charge in [0.1, 0.15) is 0 Å². The molecule has 74 valence electrons. The normalized spacial score (nSPS) is 52.2. The van der Waals surface area contributed by atoms with Gasteiger partial charge >= 0.3 is 0 Å². The standard InChI is InChI=1S/C12H21N/c1-12(2)8-3-4-9(10(12)7-8)11-5-6-13-11/h8-11,13H,3-7H2,1-2H3. The summed E-state index contributed by atoms with van der Waals surface area (Å²) in [6.45, 7) is 6.27. The van der Waals surface area contributed by atoms with E-state index >= 15 is 0 Å². The molecule has 4 aliphatic rings. The van der Waals surface area contributed by atoms with E-state index in [2.05, 4.69) is 19.2 Å². The molecule has 0 amide bonds. The van der Waals surface area contributed by atoms with Crippen molar-refractivity contribution in [1.82, 2.24) is 5.32 Å². The average Bonchev–Trinajstić information content (AvgIpc) is 2.01. The number of rotatable bonds is 1. The molecular weight excluding hydrogens is 158 g/mol. The number of nitrogens with one attached hydrogen (secondary N) is 1. The molecule has 1 heterocycles. The maximum absolute atomic E-state index is 3.61. The first-order chi connectivity index (χ1) is 6.19. The van der Waals surface area contributed by atoms with Crippen molar-refractivity contribution in [2.24, 2.45) is 23.2 Å². The SMILES string of the molecule is CC1(C)C2CCC(C3CCN3)C1C2. The lowest BCUT2D eigenvalue weighted by atomic mass is 9.44. The number of hydrogen-bond acceptors (Lipinski definition) is 1. The molecular formula is C12H21N. The molecule has 1 heteroatoms. The van der Waals surface area contributed by atoms with Crippen LogP contribution >= 0.6 is 0 Å². The Kier molecular flexibility index (Phi) is 1.59. The lowest BCUT2D eigenvalue weighted by molar-refractivity contribution is -0.120. The summed E-state index contributed by atoms with van der Waals surface area (Å²) in [5.74, 6) is 3.13. The maximum atomic E-state index is 3.61. The summed E-state index contributed by atoms with van der Waals surface area (Å²) in [5.41, 5.74) is 0.681. The molecule has 3 aliphatic carbocycles. The molecule has 4 rings (SSSR count). The van der Waals surface area contributed by atoms with Crippen LogP contribution in [0, 0.1) is 23.2 Å². The van der Waals surface area contributed by atoms with Crippen molar-refractivity contribution >= 4 is 0 Å². The maximum Gasteiger partial charge on any atom is 0.0110 e. The third-order valence-electron chi connectivity index (χ3n) is 5.29. The summed E-state index contributed by atoms with van der Waals surface area (Å²) in [6.07, 6.45) is 6.00. The fourth-order valence-electron chi connectivity index (χ4n) is 4.03. The molecule has 3 saturated carbocycles. The van der Waals surface area contributed by atoms with Gasteiger partial charge in [0.25, 0.3) is 0 Å². The number of fused-ring (bicyclic) bond motifs is 2. The van der Waals surface area contributed by atoms with Crippen LogP contribution in [-0.2, 0) is 0 Å². The van der Waals surface area contributed by atoms with E-state index in [4.69, 9.17) is 0 Å². The molecule has 4 atom stereocenters. The van der Waals surface area contributed by atoms with Gasteiger partial charge in [0.2, 0.25) is 0 Å². The second-order valence-corrected chi connectivity index (χ2v) is 5.95. The molecule has 0 spiro atoms. The van der Waals surface area contributed by atoms with Gasteiger partial charge in [0.05, 0.1) is 0 Å². The second kappa shape index (κ2) is 2.50. The van der Waals surface area contributed by atoms with E-state index in [-0.39, 0.29) is 0 Å². The largest absolute Gasteiger partial charge is 0.314 e. The van der Waals surface area contributed by atoms with E-state index < -0.39 is 0 Å². The van der Waals surface area contributed by atoms with Crippen molar-refractivity contribution in [1.29, 1.82) is 0 Å². The first-order valence-corrected chi connectivity index (χ1v) is 5.93. The monoisotopic (exact) mass is 179 g/mol. The van der Waals surface area contributed by atoms with Gasteiger partial charge in [-0.1, -0.05) is 13.8 Å². The smallest absolute Gasteiger partial charge is 0.0110 e. The highest BCUT2D eigenvalue weighted by Gasteiger charge is 2.56. The number of hydrogen-bond donors (Lipinski definition) is 1. The Labute approximate surface area is 81.3 Å². The zero-order chi connectivity index (χ0) is 9.05. The molecule has 2 bridgehead atoms. The minimum atomic E-state index is 0.681. The van der Waals surface area contributed by atoms with E-state index in [0.29, 0.717) is 5.41 Å². The highest BCUT2D eigenvalue weighted by molar-refractivity contribution is 5.06. The average molecular weight is 179 g/mol. The molecule has 1 saturated heterocycles. The van der Waals surface area contributed by atoms with E-state index in [0.717, 1.165) is 23.8 Å². The molecule has 1 aliphatic heterocycles. The summed E-state index contributed by atoms with van der Waals surface area (Å²) < 4.78 is 0. The van der Waals surface area contributed by atoms with Crippen LogP contribution in [0.15, 0.2) is 0 Å². The van der Waals surface area contributed by atoms with Crippen molar-refractivity contribution in [3.05, 3.63) is 0 Å². The summed E-state index contributed by atoms with van der Waals surface area (Å²) in [5, 5.41) is 3.61. The summed E-state index contributed by atoms with van der Waals surface area (Å²) in [6, 6.07) is 0.894. The van der Waals surface area contributed by atoms with E-state index in [9.17, 15) is 0 Å². The molecule has 0 radical (unpaired) electrons. The van der Waals surface area contributed by atoms with Crippen LogP contribution in [0.2, 0.25) is 0 Å². The quantitative estimate of drug-likeness (QED) is 0.652. The minimum Gasteiger partial charge on any atom is -0.314 e. The first kappa shape index (κ1) is 8.28. The predicted molar refractivity (Wildman–Crippen MR) is 54.5 cm³/mol. The first-order valence-electron chi connectivity index (χ1n) is 5.93. The summed E-state index contributed by atoms with van der Waals surface area (Å²) in [7, 11) is 0. The van der Waals surface area contributed by atoms with Gasteiger partial charge < -0.3 is 5.32 Å². The Bertz CT molecular complexity index is 215. The van der Waals surface area contributed by atoms with Crippen LogP contribution in [0.25, 0.3) is 0 Å². The van der Waals surface area contributed by atoms with E-state index in [1.54, 1.807) is 0 Å². The van der Waals surface area contributed by atoms with Gasteiger partial charge in [-0.2, -0.15) is 0 Å². The van der Waals surface area contributed by atoms with Gasteiger partial charge in [-0.15, -0.1) is 0 Å². The Morgan fingerprint density at radius 2 is 1.92 bits per heavy atom. The van der Waals surface area contributed by atoms with Crippen molar-refractivity contribution in [2.45, 2.75) is 45.6 Å². The van der Waals surface area contributed by atoms with Crippen molar-refractivity contribution in [2.75, 3.05) is 6.54 Å². The van der Waals surface area contributed by atoms with Crippen LogP contribution in [0.1, 0.15) is 39.5 Å². The highest BCUT2D eigenvalue weighted by atomic mass is 15.0.